The third-order valence-corrected chi connectivity index (χ3v) is 4.54. The molecule has 0 aliphatic heterocycles. The smallest absolute Gasteiger partial charge is 0.259 e. The van der Waals surface area contributed by atoms with Gasteiger partial charge in [0.2, 0.25) is 0 Å². The second-order valence-corrected chi connectivity index (χ2v) is 6.68. The van der Waals surface area contributed by atoms with Gasteiger partial charge in [0.1, 0.15) is 12.4 Å². The molecule has 1 amide bonds. The summed E-state index contributed by atoms with van der Waals surface area (Å²) >= 11 is 0. The summed E-state index contributed by atoms with van der Waals surface area (Å²) in [5.74, 6) is -1.96. The second kappa shape index (κ2) is 9.13. The number of ether oxygens (including phenoxy) is 1. The molecule has 31 heavy (non-hydrogen) atoms. The van der Waals surface area contributed by atoms with Crippen molar-refractivity contribution in [3.63, 3.8) is 0 Å². The predicted molar refractivity (Wildman–Crippen MR) is 113 cm³/mol. The van der Waals surface area contributed by atoms with Gasteiger partial charge in [-0.2, -0.15) is 0 Å². The van der Waals surface area contributed by atoms with Crippen LogP contribution in [0.15, 0.2) is 85.5 Å². The Hall–Kier alpha value is -4.13. The zero-order valence-electron chi connectivity index (χ0n) is 16.3. The van der Waals surface area contributed by atoms with Crippen LogP contribution >= 0.6 is 0 Å². The van der Waals surface area contributed by atoms with Gasteiger partial charge in [-0.3, -0.25) is 14.8 Å². The SMILES string of the molecule is O=C(Nc1cccnc1)c1cc(-c2ccncc2)ccc1OCc1ccc(F)c(F)c1. The minimum Gasteiger partial charge on any atom is -0.488 e. The second-order valence-electron chi connectivity index (χ2n) is 6.68. The van der Waals surface area contributed by atoms with Crippen LogP contribution in [0.1, 0.15) is 15.9 Å². The fraction of sp³-hybridized carbons (Fsp3) is 0.0417. The molecule has 2 heterocycles. The third-order valence-electron chi connectivity index (χ3n) is 4.54. The van der Waals surface area contributed by atoms with Crippen molar-refractivity contribution in [1.29, 1.82) is 0 Å². The quantitative estimate of drug-likeness (QED) is 0.465. The number of hydrogen-bond donors (Lipinski definition) is 1. The average molecular weight is 417 g/mol. The molecule has 0 bridgehead atoms. The minimum atomic E-state index is -0.955. The lowest BCUT2D eigenvalue weighted by molar-refractivity contribution is 0.102. The molecular weight excluding hydrogens is 400 g/mol. The summed E-state index contributed by atoms with van der Waals surface area (Å²) in [6, 6.07) is 15.8. The predicted octanol–water partition coefficient (Wildman–Crippen LogP) is 5.25. The molecule has 0 radical (unpaired) electrons. The van der Waals surface area contributed by atoms with E-state index in [1.54, 1.807) is 42.9 Å². The summed E-state index contributed by atoms with van der Waals surface area (Å²) in [5, 5.41) is 2.79. The van der Waals surface area contributed by atoms with Crippen molar-refractivity contribution in [2.75, 3.05) is 5.32 Å². The van der Waals surface area contributed by atoms with Crippen LogP contribution in [0.3, 0.4) is 0 Å². The molecule has 0 aliphatic carbocycles. The lowest BCUT2D eigenvalue weighted by atomic mass is 10.0. The summed E-state index contributed by atoms with van der Waals surface area (Å²) in [6.45, 7) is -0.0288. The molecule has 0 spiro atoms. The van der Waals surface area contributed by atoms with E-state index < -0.39 is 11.6 Å². The van der Waals surface area contributed by atoms with Crippen molar-refractivity contribution in [2.24, 2.45) is 0 Å². The van der Waals surface area contributed by atoms with Crippen LogP contribution < -0.4 is 10.1 Å². The van der Waals surface area contributed by atoms with Gasteiger partial charge in [-0.05, 0) is 65.2 Å². The van der Waals surface area contributed by atoms with Gasteiger partial charge in [0.25, 0.3) is 5.91 Å². The highest BCUT2D eigenvalue weighted by molar-refractivity contribution is 6.06. The number of anilines is 1. The first-order chi connectivity index (χ1) is 15.1. The van der Waals surface area contributed by atoms with Gasteiger partial charge in [0.05, 0.1) is 17.4 Å². The van der Waals surface area contributed by atoms with E-state index >= 15 is 0 Å². The number of carbonyl (C=O) groups is 1. The molecule has 0 saturated carbocycles. The number of amides is 1. The van der Waals surface area contributed by atoms with Crippen molar-refractivity contribution in [3.8, 4) is 16.9 Å². The largest absolute Gasteiger partial charge is 0.488 e. The van der Waals surface area contributed by atoms with E-state index in [1.165, 1.54) is 12.3 Å². The van der Waals surface area contributed by atoms with E-state index in [0.717, 1.165) is 23.3 Å². The molecule has 0 fully saturated rings. The number of halogens is 2. The van der Waals surface area contributed by atoms with Crippen molar-refractivity contribution >= 4 is 11.6 Å². The summed E-state index contributed by atoms with van der Waals surface area (Å²) < 4.78 is 32.4. The van der Waals surface area contributed by atoms with Crippen molar-refractivity contribution in [3.05, 3.63) is 108 Å². The van der Waals surface area contributed by atoms with Crippen LogP contribution in [0, 0.1) is 11.6 Å². The third kappa shape index (κ3) is 4.90. The van der Waals surface area contributed by atoms with Crippen LogP contribution in [0.4, 0.5) is 14.5 Å². The number of pyridine rings is 2. The molecule has 0 aliphatic rings. The Morgan fingerprint density at radius 3 is 2.45 bits per heavy atom. The van der Waals surface area contributed by atoms with Gasteiger partial charge in [-0.25, -0.2) is 8.78 Å². The van der Waals surface area contributed by atoms with Crippen molar-refractivity contribution in [1.82, 2.24) is 9.97 Å². The van der Waals surface area contributed by atoms with E-state index in [0.29, 0.717) is 22.6 Å². The van der Waals surface area contributed by atoms with E-state index in [-0.39, 0.29) is 12.5 Å². The minimum absolute atomic E-state index is 0.0288. The average Bonchev–Trinajstić information content (AvgIpc) is 2.81. The highest BCUT2D eigenvalue weighted by atomic mass is 19.2. The zero-order chi connectivity index (χ0) is 21.6. The molecule has 2 aromatic carbocycles. The zero-order valence-corrected chi connectivity index (χ0v) is 16.3. The molecule has 0 atom stereocenters. The first kappa shape index (κ1) is 20.2. The monoisotopic (exact) mass is 417 g/mol. The number of benzene rings is 2. The van der Waals surface area contributed by atoms with E-state index in [2.05, 4.69) is 15.3 Å². The Labute approximate surface area is 177 Å². The Balaban J connectivity index is 1.64. The Morgan fingerprint density at radius 1 is 0.871 bits per heavy atom. The van der Waals surface area contributed by atoms with E-state index in [9.17, 15) is 13.6 Å². The number of hydrogen-bond acceptors (Lipinski definition) is 4. The molecule has 7 heteroatoms. The number of carbonyl (C=O) groups excluding carboxylic acids is 1. The van der Waals surface area contributed by atoms with Crippen LogP contribution in [0.25, 0.3) is 11.1 Å². The van der Waals surface area contributed by atoms with E-state index in [4.69, 9.17) is 4.74 Å². The van der Waals surface area contributed by atoms with Crippen LogP contribution in [-0.4, -0.2) is 15.9 Å². The van der Waals surface area contributed by atoms with Crippen LogP contribution in [0.5, 0.6) is 5.75 Å². The van der Waals surface area contributed by atoms with Crippen molar-refractivity contribution in [2.45, 2.75) is 6.61 Å². The van der Waals surface area contributed by atoms with Gasteiger partial charge in [-0.1, -0.05) is 12.1 Å². The number of nitrogens with zero attached hydrogens (tertiary/aromatic N) is 2. The summed E-state index contributed by atoms with van der Waals surface area (Å²) in [7, 11) is 0. The maximum absolute atomic E-state index is 13.5. The summed E-state index contributed by atoms with van der Waals surface area (Å²) in [4.78, 5) is 21.0. The van der Waals surface area contributed by atoms with Gasteiger partial charge in [-0.15, -0.1) is 0 Å². The molecule has 4 rings (SSSR count). The van der Waals surface area contributed by atoms with E-state index in [1.807, 2.05) is 18.2 Å². The van der Waals surface area contributed by atoms with Crippen molar-refractivity contribution < 1.29 is 18.3 Å². The standard InChI is InChI=1S/C24H17F2N3O2/c25-21-5-3-16(12-22(21)26)15-31-23-6-4-18(17-7-10-27-11-8-17)13-20(23)24(30)29-19-2-1-9-28-14-19/h1-14H,15H2,(H,29,30). The molecule has 0 saturated heterocycles. The van der Waals surface area contributed by atoms with Gasteiger partial charge in [0, 0.05) is 18.6 Å². The molecule has 154 valence electrons. The van der Waals surface area contributed by atoms with Gasteiger partial charge >= 0.3 is 0 Å². The summed E-state index contributed by atoms with van der Waals surface area (Å²) in [6.07, 6.45) is 6.47. The molecule has 2 aromatic heterocycles. The highest BCUT2D eigenvalue weighted by Crippen LogP contribution is 2.28. The Bertz CT molecular complexity index is 1200. The topological polar surface area (TPSA) is 64.1 Å². The van der Waals surface area contributed by atoms with Crippen LogP contribution in [-0.2, 0) is 6.61 Å². The maximum atomic E-state index is 13.5. The normalized spacial score (nSPS) is 10.5. The maximum Gasteiger partial charge on any atom is 0.259 e. The first-order valence-corrected chi connectivity index (χ1v) is 9.43. The Kier molecular flexibility index (Phi) is 5.93. The lowest BCUT2D eigenvalue weighted by Gasteiger charge is -2.14. The summed E-state index contributed by atoms with van der Waals surface area (Å²) in [5.41, 5.74) is 2.96. The molecule has 1 N–H and O–H groups in total. The molecule has 4 aromatic rings. The van der Waals surface area contributed by atoms with Gasteiger partial charge in [0.15, 0.2) is 11.6 Å². The van der Waals surface area contributed by atoms with Crippen LogP contribution in [0.2, 0.25) is 0 Å². The Morgan fingerprint density at radius 2 is 1.71 bits per heavy atom. The number of nitrogens with one attached hydrogen (secondary N) is 1. The molecule has 5 nitrogen and oxygen atoms in total. The highest BCUT2D eigenvalue weighted by Gasteiger charge is 2.16. The fourth-order valence-corrected chi connectivity index (χ4v) is 2.98. The molecular formula is C24H17F2N3O2. The fourth-order valence-electron chi connectivity index (χ4n) is 2.98. The number of aromatic nitrogens is 2. The lowest BCUT2D eigenvalue weighted by Crippen LogP contribution is -2.14. The number of rotatable bonds is 6. The molecule has 0 unspecified atom stereocenters. The first-order valence-electron chi connectivity index (χ1n) is 9.43. The van der Waals surface area contributed by atoms with Gasteiger partial charge < -0.3 is 10.1 Å².